The van der Waals surface area contributed by atoms with Gasteiger partial charge in [0, 0.05) is 11.1 Å². The van der Waals surface area contributed by atoms with Crippen LogP contribution in [0.1, 0.15) is 0 Å². The zero-order valence-electron chi connectivity index (χ0n) is 14.8. The van der Waals surface area contributed by atoms with E-state index in [0.717, 1.165) is 28.2 Å². The summed E-state index contributed by atoms with van der Waals surface area (Å²) < 4.78 is 2.03. The minimum absolute atomic E-state index is 0.975. The molecule has 0 amide bonds. The molecule has 0 aliphatic heterocycles. The van der Waals surface area contributed by atoms with E-state index in [-0.39, 0.29) is 0 Å². The van der Waals surface area contributed by atoms with Crippen molar-refractivity contribution in [3.05, 3.63) is 109 Å². The van der Waals surface area contributed by atoms with Crippen LogP contribution in [0.25, 0.3) is 39.0 Å². The average Bonchev–Trinajstić information content (AvgIpc) is 3.20. The third-order valence-corrected chi connectivity index (χ3v) is 4.82. The number of hydrogen-bond acceptors (Lipinski definition) is 1. The lowest BCUT2D eigenvalue weighted by Gasteiger charge is -2.07. The van der Waals surface area contributed by atoms with Gasteiger partial charge >= 0.3 is 0 Å². The standard InChI is InChI=1S/C25H18N2/c1-3-10-20(11-4-1)25-18-24(26-27(25)23-13-5-2-6-14-23)22-16-15-19-9-7-8-12-21(19)17-22/h1-18H. The number of para-hydroxylation sites is 1. The molecule has 27 heavy (non-hydrogen) atoms. The lowest BCUT2D eigenvalue weighted by atomic mass is 10.0. The fourth-order valence-corrected chi connectivity index (χ4v) is 3.45. The van der Waals surface area contributed by atoms with Crippen molar-refractivity contribution in [2.45, 2.75) is 0 Å². The van der Waals surface area contributed by atoms with Gasteiger partial charge in [-0.1, -0.05) is 84.9 Å². The van der Waals surface area contributed by atoms with Gasteiger partial charge < -0.3 is 0 Å². The summed E-state index contributed by atoms with van der Waals surface area (Å²) in [6.45, 7) is 0. The Morgan fingerprint density at radius 3 is 1.96 bits per heavy atom. The van der Waals surface area contributed by atoms with E-state index in [1.165, 1.54) is 10.8 Å². The molecule has 0 unspecified atom stereocenters. The van der Waals surface area contributed by atoms with Crippen molar-refractivity contribution in [2.75, 3.05) is 0 Å². The Bertz CT molecular complexity index is 1150. The van der Waals surface area contributed by atoms with Gasteiger partial charge in [-0.25, -0.2) is 4.68 Å². The van der Waals surface area contributed by atoms with Crippen molar-refractivity contribution in [3.8, 4) is 28.2 Å². The summed E-state index contributed by atoms with van der Waals surface area (Å²) in [6, 6.07) is 37.8. The van der Waals surface area contributed by atoms with Crippen LogP contribution in [0.15, 0.2) is 109 Å². The van der Waals surface area contributed by atoms with Crippen LogP contribution in [0.4, 0.5) is 0 Å². The Morgan fingerprint density at radius 2 is 1.19 bits per heavy atom. The van der Waals surface area contributed by atoms with Crippen LogP contribution >= 0.6 is 0 Å². The van der Waals surface area contributed by atoms with Crippen molar-refractivity contribution in [1.82, 2.24) is 9.78 Å². The molecular formula is C25H18N2. The minimum Gasteiger partial charge on any atom is -0.232 e. The molecule has 0 saturated heterocycles. The minimum atomic E-state index is 0.975. The highest BCUT2D eigenvalue weighted by atomic mass is 15.3. The van der Waals surface area contributed by atoms with E-state index in [9.17, 15) is 0 Å². The molecule has 0 fully saturated rings. The van der Waals surface area contributed by atoms with Gasteiger partial charge in [0.2, 0.25) is 0 Å². The highest BCUT2D eigenvalue weighted by Gasteiger charge is 2.13. The van der Waals surface area contributed by atoms with E-state index in [1.807, 2.05) is 28.9 Å². The van der Waals surface area contributed by atoms with Crippen LogP contribution in [0, 0.1) is 0 Å². The maximum Gasteiger partial charge on any atom is 0.0934 e. The SMILES string of the molecule is c1ccc(-c2cc(-c3ccc4ccccc4c3)nn2-c2ccccc2)cc1. The summed E-state index contributed by atoms with van der Waals surface area (Å²) in [7, 11) is 0. The maximum absolute atomic E-state index is 4.95. The maximum atomic E-state index is 4.95. The molecule has 1 aromatic heterocycles. The Morgan fingerprint density at radius 1 is 0.519 bits per heavy atom. The molecule has 1 heterocycles. The van der Waals surface area contributed by atoms with E-state index in [0.29, 0.717) is 0 Å². The quantitative estimate of drug-likeness (QED) is 0.372. The first-order chi connectivity index (χ1) is 13.4. The van der Waals surface area contributed by atoms with Crippen LogP contribution in [-0.2, 0) is 0 Å². The predicted octanol–water partition coefficient (Wildman–Crippen LogP) is 6.36. The summed E-state index contributed by atoms with van der Waals surface area (Å²) in [5.74, 6) is 0. The summed E-state index contributed by atoms with van der Waals surface area (Å²) in [5, 5.41) is 7.42. The van der Waals surface area contributed by atoms with Gasteiger partial charge in [0.05, 0.1) is 17.1 Å². The van der Waals surface area contributed by atoms with Gasteiger partial charge in [-0.15, -0.1) is 0 Å². The highest BCUT2D eigenvalue weighted by molar-refractivity contribution is 5.87. The molecular weight excluding hydrogens is 328 g/mol. The molecule has 4 aromatic carbocycles. The average molecular weight is 346 g/mol. The molecule has 5 rings (SSSR count). The third-order valence-electron chi connectivity index (χ3n) is 4.82. The first-order valence-electron chi connectivity index (χ1n) is 9.08. The molecule has 0 atom stereocenters. The Labute approximate surface area is 158 Å². The predicted molar refractivity (Wildman–Crippen MR) is 112 cm³/mol. The molecule has 0 spiro atoms. The van der Waals surface area contributed by atoms with Gasteiger partial charge in [-0.05, 0) is 35.0 Å². The second-order valence-corrected chi connectivity index (χ2v) is 6.59. The number of benzene rings is 4. The van der Waals surface area contributed by atoms with Crippen LogP contribution in [-0.4, -0.2) is 9.78 Å². The van der Waals surface area contributed by atoms with Crippen molar-refractivity contribution in [3.63, 3.8) is 0 Å². The van der Waals surface area contributed by atoms with Crippen molar-refractivity contribution in [1.29, 1.82) is 0 Å². The Hall–Kier alpha value is -3.65. The Kier molecular flexibility index (Phi) is 3.80. The van der Waals surface area contributed by atoms with Gasteiger partial charge in [0.1, 0.15) is 0 Å². The zero-order valence-corrected chi connectivity index (χ0v) is 14.8. The monoisotopic (exact) mass is 346 g/mol. The van der Waals surface area contributed by atoms with Crippen molar-refractivity contribution < 1.29 is 0 Å². The zero-order chi connectivity index (χ0) is 18.1. The molecule has 0 N–H and O–H groups in total. The van der Waals surface area contributed by atoms with Gasteiger partial charge in [0.25, 0.3) is 0 Å². The van der Waals surface area contributed by atoms with Gasteiger partial charge in [-0.3, -0.25) is 0 Å². The lowest BCUT2D eigenvalue weighted by Crippen LogP contribution is -1.98. The third kappa shape index (κ3) is 2.91. The summed E-state index contributed by atoms with van der Waals surface area (Å²) >= 11 is 0. The fraction of sp³-hybridized carbons (Fsp3) is 0. The molecule has 2 nitrogen and oxygen atoms in total. The van der Waals surface area contributed by atoms with E-state index < -0.39 is 0 Å². The first-order valence-corrected chi connectivity index (χ1v) is 9.08. The summed E-state index contributed by atoms with van der Waals surface area (Å²) in [5.41, 5.74) is 5.40. The molecule has 0 bridgehead atoms. The van der Waals surface area contributed by atoms with E-state index >= 15 is 0 Å². The second kappa shape index (κ2) is 6.58. The van der Waals surface area contributed by atoms with E-state index in [2.05, 4.69) is 84.9 Å². The normalized spacial score (nSPS) is 11.0. The largest absolute Gasteiger partial charge is 0.232 e. The molecule has 2 heteroatoms. The van der Waals surface area contributed by atoms with Gasteiger partial charge in [0.15, 0.2) is 0 Å². The van der Waals surface area contributed by atoms with Crippen molar-refractivity contribution in [2.24, 2.45) is 0 Å². The van der Waals surface area contributed by atoms with Crippen molar-refractivity contribution >= 4 is 10.8 Å². The molecule has 0 aliphatic rings. The second-order valence-electron chi connectivity index (χ2n) is 6.59. The fourth-order valence-electron chi connectivity index (χ4n) is 3.45. The number of hydrogen-bond donors (Lipinski definition) is 0. The molecule has 0 saturated carbocycles. The van der Waals surface area contributed by atoms with E-state index in [1.54, 1.807) is 0 Å². The van der Waals surface area contributed by atoms with E-state index in [4.69, 9.17) is 5.10 Å². The van der Waals surface area contributed by atoms with Crippen LogP contribution in [0.3, 0.4) is 0 Å². The molecule has 128 valence electrons. The smallest absolute Gasteiger partial charge is 0.0934 e. The topological polar surface area (TPSA) is 17.8 Å². The summed E-state index contributed by atoms with van der Waals surface area (Å²) in [6.07, 6.45) is 0. The number of rotatable bonds is 3. The molecule has 0 radical (unpaired) electrons. The van der Waals surface area contributed by atoms with Crippen LogP contribution < -0.4 is 0 Å². The summed E-state index contributed by atoms with van der Waals surface area (Å²) in [4.78, 5) is 0. The molecule has 0 aliphatic carbocycles. The molecule has 5 aromatic rings. The first kappa shape index (κ1) is 15.6. The number of fused-ring (bicyclic) bond motifs is 1. The van der Waals surface area contributed by atoms with Gasteiger partial charge in [-0.2, -0.15) is 5.10 Å². The van der Waals surface area contributed by atoms with Crippen LogP contribution in [0.5, 0.6) is 0 Å². The highest BCUT2D eigenvalue weighted by Crippen LogP contribution is 2.30. The lowest BCUT2D eigenvalue weighted by molar-refractivity contribution is 0.892. The number of nitrogens with zero attached hydrogens (tertiary/aromatic N) is 2. The number of aromatic nitrogens is 2. The van der Waals surface area contributed by atoms with Crippen LogP contribution in [0.2, 0.25) is 0 Å². The Balaban J connectivity index is 1.70.